The van der Waals surface area contributed by atoms with E-state index in [9.17, 15) is 13.5 Å². The predicted octanol–water partition coefficient (Wildman–Crippen LogP) is 5.31. The van der Waals surface area contributed by atoms with Gasteiger partial charge in [-0.15, -0.1) is 0 Å². The molecule has 4 rings (SSSR count). The molecule has 2 aromatic heterocycles. The molecule has 4 aromatic rings. The van der Waals surface area contributed by atoms with Crippen molar-refractivity contribution in [3.8, 4) is 11.4 Å². The van der Waals surface area contributed by atoms with Crippen molar-refractivity contribution in [2.75, 3.05) is 17.8 Å². The zero-order valence-electron chi connectivity index (χ0n) is 22.8. The van der Waals surface area contributed by atoms with Crippen LogP contribution in [0.4, 0.5) is 5.69 Å². The van der Waals surface area contributed by atoms with Crippen LogP contribution in [-0.4, -0.2) is 41.7 Å². The number of aliphatic hydroxyl groups is 1. The van der Waals surface area contributed by atoms with Gasteiger partial charge in [-0.1, -0.05) is 56.0 Å². The Bertz CT molecular complexity index is 1410. The normalized spacial score (nSPS) is 12.3. The molecule has 40 heavy (non-hydrogen) atoms. The van der Waals surface area contributed by atoms with E-state index >= 15 is 0 Å². The standard InChI is InChI=1S/C30H37N5O4S/c1-2-3-4-5-6-9-29-33-30(34-39-29)24-12-16-27(17-13-24)40(37,38)35-26-14-10-23(11-15-26)18-20-32-22-28(36)25-8-7-19-31-21-25/h7-8,10-17,19,21,28,32,35-36H,2-6,9,18,20,22H2,1H3/t28-/m0/s1. The van der Waals surface area contributed by atoms with Gasteiger partial charge in [0.1, 0.15) is 0 Å². The molecule has 2 heterocycles. The molecule has 0 saturated heterocycles. The Hall–Kier alpha value is -3.60. The lowest BCUT2D eigenvalue weighted by Gasteiger charge is -2.12. The van der Waals surface area contributed by atoms with Gasteiger partial charge in [0, 0.05) is 42.2 Å². The Balaban J connectivity index is 1.24. The van der Waals surface area contributed by atoms with E-state index in [0.29, 0.717) is 36.1 Å². The van der Waals surface area contributed by atoms with E-state index in [2.05, 4.69) is 32.1 Å². The van der Waals surface area contributed by atoms with Gasteiger partial charge in [0.05, 0.1) is 11.0 Å². The summed E-state index contributed by atoms with van der Waals surface area (Å²) in [4.78, 5) is 8.62. The smallest absolute Gasteiger partial charge is 0.261 e. The first kappa shape index (κ1) is 29.4. The number of aromatic nitrogens is 3. The number of aryl methyl sites for hydroxylation is 1. The third-order valence-electron chi connectivity index (χ3n) is 6.59. The molecule has 0 radical (unpaired) electrons. The third kappa shape index (κ3) is 8.70. The Morgan fingerprint density at radius 2 is 1.73 bits per heavy atom. The fraction of sp³-hybridized carbons (Fsp3) is 0.367. The summed E-state index contributed by atoms with van der Waals surface area (Å²) >= 11 is 0. The van der Waals surface area contributed by atoms with Crippen LogP contribution in [0.1, 0.15) is 62.1 Å². The number of unbranched alkanes of at least 4 members (excludes halogenated alkanes) is 4. The van der Waals surface area contributed by atoms with Gasteiger partial charge in [-0.3, -0.25) is 9.71 Å². The Morgan fingerprint density at radius 1 is 0.950 bits per heavy atom. The Morgan fingerprint density at radius 3 is 2.45 bits per heavy atom. The van der Waals surface area contributed by atoms with Crippen LogP contribution in [0.5, 0.6) is 0 Å². The molecule has 10 heteroatoms. The average molecular weight is 564 g/mol. The number of nitrogens with one attached hydrogen (secondary N) is 2. The summed E-state index contributed by atoms with van der Waals surface area (Å²) in [5.41, 5.74) is 3.00. The zero-order chi connectivity index (χ0) is 28.2. The highest BCUT2D eigenvalue weighted by molar-refractivity contribution is 7.92. The van der Waals surface area contributed by atoms with Gasteiger partial charge in [-0.25, -0.2) is 8.42 Å². The van der Waals surface area contributed by atoms with Crippen LogP contribution in [-0.2, 0) is 22.9 Å². The van der Waals surface area contributed by atoms with E-state index in [1.807, 2.05) is 18.2 Å². The van der Waals surface area contributed by atoms with E-state index in [0.717, 1.165) is 36.8 Å². The van der Waals surface area contributed by atoms with E-state index in [-0.39, 0.29) is 4.90 Å². The van der Waals surface area contributed by atoms with Crippen LogP contribution < -0.4 is 10.0 Å². The molecule has 0 aliphatic rings. The van der Waals surface area contributed by atoms with E-state index in [1.165, 1.54) is 19.3 Å². The van der Waals surface area contributed by atoms with E-state index in [4.69, 9.17) is 4.52 Å². The molecule has 0 unspecified atom stereocenters. The second-order valence-electron chi connectivity index (χ2n) is 9.76. The van der Waals surface area contributed by atoms with Crippen LogP contribution >= 0.6 is 0 Å². The number of benzene rings is 2. The van der Waals surface area contributed by atoms with Crippen LogP contribution in [0.2, 0.25) is 0 Å². The number of sulfonamides is 1. The van der Waals surface area contributed by atoms with Crippen LogP contribution in [0.3, 0.4) is 0 Å². The number of nitrogens with zero attached hydrogens (tertiary/aromatic N) is 3. The monoisotopic (exact) mass is 563 g/mol. The van der Waals surface area contributed by atoms with Crippen LogP contribution in [0.15, 0.2) is 82.5 Å². The summed E-state index contributed by atoms with van der Waals surface area (Å²) in [6.07, 6.45) is 10.0. The molecule has 212 valence electrons. The highest BCUT2D eigenvalue weighted by Crippen LogP contribution is 2.22. The first-order valence-electron chi connectivity index (χ1n) is 13.8. The molecule has 3 N–H and O–H groups in total. The van der Waals surface area contributed by atoms with Gasteiger partial charge in [-0.2, -0.15) is 4.98 Å². The number of rotatable bonds is 16. The minimum atomic E-state index is -3.76. The number of pyridine rings is 1. The summed E-state index contributed by atoms with van der Waals surface area (Å²) in [7, 11) is -3.76. The molecule has 0 aliphatic carbocycles. The van der Waals surface area contributed by atoms with Gasteiger partial charge in [0.15, 0.2) is 0 Å². The average Bonchev–Trinajstić information content (AvgIpc) is 3.45. The molecule has 0 saturated carbocycles. The fourth-order valence-electron chi connectivity index (χ4n) is 4.25. The van der Waals surface area contributed by atoms with Crippen molar-refractivity contribution < 1.29 is 18.0 Å². The molecule has 0 bridgehead atoms. The molecular weight excluding hydrogens is 526 g/mol. The Labute approximate surface area is 236 Å². The van der Waals surface area contributed by atoms with E-state index < -0.39 is 16.1 Å². The second-order valence-corrected chi connectivity index (χ2v) is 11.4. The van der Waals surface area contributed by atoms with Crippen LogP contribution in [0.25, 0.3) is 11.4 Å². The van der Waals surface area contributed by atoms with Crippen LogP contribution in [0, 0.1) is 0 Å². The minimum absolute atomic E-state index is 0.149. The van der Waals surface area contributed by atoms with Crippen molar-refractivity contribution in [1.82, 2.24) is 20.4 Å². The zero-order valence-corrected chi connectivity index (χ0v) is 23.6. The maximum atomic E-state index is 12.9. The summed E-state index contributed by atoms with van der Waals surface area (Å²) in [5.74, 6) is 1.06. The molecule has 1 atom stereocenters. The summed E-state index contributed by atoms with van der Waals surface area (Å²) in [6, 6.07) is 17.4. The SMILES string of the molecule is CCCCCCCc1nc(-c2ccc(S(=O)(=O)Nc3ccc(CCNC[C@H](O)c4cccnc4)cc3)cc2)no1. The largest absolute Gasteiger partial charge is 0.387 e. The number of anilines is 1. The number of aliphatic hydroxyl groups excluding tert-OH is 1. The first-order chi connectivity index (χ1) is 19.4. The molecule has 0 amide bonds. The minimum Gasteiger partial charge on any atom is -0.387 e. The molecule has 9 nitrogen and oxygen atoms in total. The summed E-state index contributed by atoms with van der Waals surface area (Å²) < 4.78 is 33.8. The second kappa shape index (κ2) is 14.7. The predicted molar refractivity (Wildman–Crippen MR) is 155 cm³/mol. The van der Waals surface area contributed by atoms with E-state index in [1.54, 1.807) is 54.9 Å². The van der Waals surface area contributed by atoms with Crippen molar-refractivity contribution in [2.24, 2.45) is 0 Å². The maximum absolute atomic E-state index is 12.9. The topological polar surface area (TPSA) is 130 Å². The van der Waals surface area contributed by atoms with Crippen molar-refractivity contribution in [1.29, 1.82) is 0 Å². The van der Waals surface area contributed by atoms with Crippen molar-refractivity contribution in [2.45, 2.75) is 62.9 Å². The van der Waals surface area contributed by atoms with Crippen molar-refractivity contribution >= 4 is 15.7 Å². The van der Waals surface area contributed by atoms with Gasteiger partial charge in [0.25, 0.3) is 10.0 Å². The molecule has 2 aromatic carbocycles. The molecule has 0 spiro atoms. The van der Waals surface area contributed by atoms with Crippen molar-refractivity contribution in [3.63, 3.8) is 0 Å². The highest BCUT2D eigenvalue weighted by atomic mass is 32.2. The van der Waals surface area contributed by atoms with Crippen molar-refractivity contribution in [3.05, 3.63) is 90.1 Å². The van der Waals surface area contributed by atoms with Gasteiger partial charge < -0.3 is 14.9 Å². The molecular formula is C30H37N5O4S. The third-order valence-corrected chi connectivity index (χ3v) is 7.99. The number of hydrogen-bond donors (Lipinski definition) is 3. The summed E-state index contributed by atoms with van der Waals surface area (Å²) in [5, 5.41) is 17.5. The molecule has 0 aliphatic heterocycles. The lowest BCUT2D eigenvalue weighted by Crippen LogP contribution is -2.23. The lowest BCUT2D eigenvalue weighted by molar-refractivity contribution is 0.174. The quantitative estimate of drug-likeness (QED) is 0.156. The lowest BCUT2D eigenvalue weighted by atomic mass is 10.1. The Kier molecular flexibility index (Phi) is 10.8. The van der Waals surface area contributed by atoms with Gasteiger partial charge >= 0.3 is 0 Å². The highest BCUT2D eigenvalue weighted by Gasteiger charge is 2.16. The number of hydrogen-bond acceptors (Lipinski definition) is 8. The molecule has 0 fully saturated rings. The van der Waals surface area contributed by atoms with Gasteiger partial charge in [-0.05, 0) is 67.4 Å². The first-order valence-corrected chi connectivity index (χ1v) is 15.3. The van der Waals surface area contributed by atoms with Gasteiger partial charge in [0.2, 0.25) is 11.7 Å². The maximum Gasteiger partial charge on any atom is 0.261 e. The fourth-order valence-corrected chi connectivity index (χ4v) is 5.31. The summed E-state index contributed by atoms with van der Waals surface area (Å²) in [6.45, 7) is 3.29.